The summed E-state index contributed by atoms with van der Waals surface area (Å²) in [6.45, 7) is 1.81. The van der Waals surface area contributed by atoms with Gasteiger partial charge in [0.2, 0.25) is 0 Å². The predicted molar refractivity (Wildman–Crippen MR) is 98.1 cm³/mol. The molecular weight excluding hydrogens is 344 g/mol. The summed E-state index contributed by atoms with van der Waals surface area (Å²) < 4.78 is 1.48. The summed E-state index contributed by atoms with van der Waals surface area (Å²) in [5, 5.41) is 1.31. The Hall–Kier alpha value is -2.11. The third-order valence-electron chi connectivity index (χ3n) is 3.72. The van der Waals surface area contributed by atoms with Crippen LogP contribution < -0.4 is 5.56 Å². The van der Waals surface area contributed by atoms with Crippen LogP contribution in [0.5, 0.6) is 0 Å². The van der Waals surface area contributed by atoms with E-state index in [1.807, 2.05) is 19.1 Å². The largest absolute Gasteiger partial charge is 0.293 e. The van der Waals surface area contributed by atoms with Crippen LogP contribution in [-0.2, 0) is 7.05 Å². The van der Waals surface area contributed by atoms with Crippen LogP contribution in [0.25, 0.3) is 10.9 Å². The molecule has 0 aliphatic carbocycles. The maximum atomic E-state index is 12.5. The zero-order valence-corrected chi connectivity index (χ0v) is 14.8. The smallest absolute Gasteiger partial charge is 0.261 e. The summed E-state index contributed by atoms with van der Waals surface area (Å²) in [5.74, 6) is -0.0286. The molecule has 3 aromatic rings. The topological polar surface area (TPSA) is 52.0 Å². The Labute approximate surface area is 148 Å². The van der Waals surface area contributed by atoms with Gasteiger partial charge in [-0.25, -0.2) is 4.98 Å². The Kier molecular flexibility index (Phi) is 4.73. The van der Waals surface area contributed by atoms with E-state index in [4.69, 9.17) is 11.6 Å². The summed E-state index contributed by atoms with van der Waals surface area (Å²) in [4.78, 5) is 29.5. The second kappa shape index (κ2) is 6.79. The number of thioether (sulfide) groups is 1. The molecule has 0 amide bonds. The highest BCUT2D eigenvalue weighted by molar-refractivity contribution is 8.00. The molecule has 0 spiro atoms. The minimum atomic E-state index is -0.370. The van der Waals surface area contributed by atoms with Gasteiger partial charge in [-0.2, -0.15) is 0 Å². The zero-order valence-electron chi connectivity index (χ0n) is 13.2. The number of nitrogens with zero attached hydrogens (tertiary/aromatic N) is 2. The molecule has 4 nitrogen and oxygen atoms in total. The molecule has 0 fully saturated rings. The van der Waals surface area contributed by atoms with E-state index in [-0.39, 0.29) is 16.6 Å². The summed E-state index contributed by atoms with van der Waals surface area (Å²) >= 11 is 7.13. The molecule has 3 rings (SSSR count). The van der Waals surface area contributed by atoms with Crippen molar-refractivity contribution in [1.82, 2.24) is 9.55 Å². The molecule has 2 aromatic carbocycles. The maximum absolute atomic E-state index is 12.5. The van der Waals surface area contributed by atoms with Gasteiger partial charge in [0, 0.05) is 17.6 Å². The molecule has 0 aliphatic heterocycles. The second-order valence-corrected chi connectivity index (χ2v) is 7.15. The maximum Gasteiger partial charge on any atom is 0.261 e. The number of rotatable bonds is 4. The standard InChI is InChI=1S/C18H15ClN2O2S/c1-11(16(22)12-7-9-13(19)10-8-12)24-18-20-15-6-4-3-5-14(15)17(23)21(18)2/h3-11H,1-2H3/t11-/m0/s1. The van der Waals surface area contributed by atoms with E-state index in [1.165, 1.54) is 16.3 Å². The van der Waals surface area contributed by atoms with Crippen LogP contribution in [0.1, 0.15) is 17.3 Å². The number of benzene rings is 2. The van der Waals surface area contributed by atoms with Crippen LogP contribution in [0.2, 0.25) is 5.02 Å². The first-order chi connectivity index (χ1) is 11.5. The first kappa shape index (κ1) is 16.7. The molecule has 0 bridgehead atoms. The highest BCUT2D eigenvalue weighted by Gasteiger charge is 2.19. The van der Waals surface area contributed by atoms with E-state index in [2.05, 4.69) is 4.98 Å². The highest BCUT2D eigenvalue weighted by Crippen LogP contribution is 2.24. The van der Waals surface area contributed by atoms with E-state index in [0.29, 0.717) is 26.6 Å². The summed E-state index contributed by atoms with van der Waals surface area (Å²) in [6, 6.07) is 14.0. The molecule has 0 radical (unpaired) electrons. The lowest BCUT2D eigenvalue weighted by molar-refractivity contribution is 0.0994. The van der Waals surface area contributed by atoms with Crippen LogP contribution in [0.15, 0.2) is 58.5 Å². The van der Waals surface area contributed by atoms with Crippen molar-refractivity contribution in [3.63, 3.8) is 0 Å². The van der Waals surface area contributed by atoms with E-state index < -0.39 is 0 Å². The van der Waals surface area contributed by atoms with Gasteiger partial charge >= 0.3 is 0 Å². The van der Waals surface area contributed by atoms with Gasteiger partial charge in [-0.1, -0.05) is 35.5 Å². The SMILES string of the molecule is C[C@H](Sc1nc2ccccc2c(=O)n1C)C(=O)c1ccc(Cl)cc1. The van der Waals surface area contributed by atoms with Crippen molar-refractivity contribution in [3.05, 3.63) is 69.5 Å². The number of hydrogen-bond donors (Lipinski definition) is 0. The lowest BCUT2D eigenvalue weighted by atomic mass is 10.1. The normalized spacial score (nSPS) is 12.3. The van der Waals surface area contributed by atoms with Crippen molar-refractivity contribution in [1.29, 1.82) is 0 Å². The van der Waals surface area contributed by atoms with Crippen molar-refractivity contribution in [2.75, 3.05) is 0 Å². The van der Waals surface area contributed by atoms with Crippen LogP contribution in [0.3, 0.4) is 0 Å². The van der Waals surface area contributed by atoms with Gasteiger partial charge in [0.05, 0.1) is 16.2 Å². The van der Waals surface area contributed by atoms with Crippen LogP contribution in [0, 0.1) is 0 Å². The first-order valence-corrected chi connectivity index (χ1v) is 8.65. The van der Waals surface area contributed by atoms with Gasteiger partial charge in [0.15, 0.2) is 10.9 Å². The van der Waals surface area contributed by atoms with Crippen molar-refractivity contribution in [2.24, 2.45) is 7.05 Å². The molecule has 24 heavy (non-hydrogen) atoms. The summed E-state index contributed by atoms with van der Waals surface area (Å²) in [7, 11) is 1.67. The van der Waals surface area contributed by atoms with E-state index in [1.54, 1.807) is 43.4 Å². The fourth-order valence-electron chi connectivity index (χ4n) is 2.36. The van der Waals surface area contributed by atoms with Gasteiger partial charge in [-0.05, 0) is 43.3 Å². The molecule has 0 N–H and O–H groups in total. The summed E-state index contributed by atoms with van der Waals surface area (Å²) in [6.07, 6.45) is 0. The molecule has 6 heteroatoms. The zero-order chi connectivity index (χ0) is 17.3. The number of Topliss-reactive ketones (excluding diaryl/α,β-unsaturated/α-hetero) is 1. The minimum absolute atomic E-state index is 0.0286. The van der Waals surface area contributed by atoms with E-state index >= 15 is 0 Å². The average molecular weight is 359 g/mol. The molecular formula is C18H15ClN2O2S. The second-order valence-electron chi connectivity index (χ2n) is 5.41. The highest BCUT2D eigenvalue weighted by atomic mass is 35.5. The molecule has 0 unspecified atom stereocenters. The minimum Gasteiger partial charge on any atom is -0.293 e. The molecule has 0 saturated carbocycles. The lowest BCUT2D eigenvalue weighted by Crippen LogP contribution is -2.22. The molecule has 1 heterocycles. The number of carbonyl (C=O) groups excluding carboxylic acids is 1. The fraction of sp³-hybridized carbons (Fsp3) is 0.167. The van der Waals surface area contributed by atoms with Gasteiger partial charge in [-0.15, -0.1) is 0 Å². The van der Waals surface area contributed by atoms with Gasteiger partial charge in [-0.3, -0.25) is 14.2 Å². The van der Waals surface area contributed by atoms with Crippen molar-refractivity contribution >= 4 is 40.0 Å². The Balaban J connectivity index is 1.91. The van der Waals surface area contributed by atoms with Crippen LogP contribution in [-0.4, -0.2) is 20.6 Å². The van der Waals surface area contributed by atoms with E-state index in [0.717, 1.165) is 0 Å². The molecule has 122 valence electrons. The van der Waals surface area contributed by atoms with Crippen molar-refractivity contribution < 1.29 is 4.79 Å². The molecule has 0 aliphatic rings. The average Bonchev–Trinajstić information content (AvgIpc) is 2.59. The molecule has 0 saturated heterocycles. The Morgan fingerprint density at radius 2 is 1.83 bits per heavy atom. The van der Waals surface area contributed by atoms with E-state index in [9.17, 15) is 9.59 Å². The van der Waals surface area contributed by atoms with Crippen LogP contribution in [0.4, 0.5) is 0 Å². The van der Waals surface area contributed by atoms with Gasteiger partial charge in [0.1, 0.15) is 0 Å². The predicted octanol–water partition coefficient (Wildman–Crippen LogP) is 3.95. The Morgan fingerprint density at radius 3 is 2.54 bits per heavy atom. The Bertz CT molecular complexity index is 967. The number of ketones is 1. The molecule has 1 aromatic heterocycles. The number of carbonyl (C=O) groups is 1. The third kappa shape index (κ3) is 3.23. The number of fused-ring (bicyclic) bond motifs is 1. The van der Waals surface area contributed by atoms with Gasteiger partial charge in [0.25, 0.3) is 5.56 Å². The van der Waals surface area contributed by atoms with Crippen LogP contribution >= 0.6 is 23.4 Å². The number of hydrogen-bond acceptors (Lipinski definition) is 4. The lowest BCUT2D eigenvalue weighted by Gasteiger charge is -2.13. The molecule has 1 atom stereocenters. The Morgan fingerprint density at radius 1 is 1.17 bits per heavy atom. The fourth-order valence-corrected chi connectivity index (χ4v) is 3.44. The number of para-hydroxylation sites is 1. The third-order valence-corrected chi connectivity index (χ3v) is 5.12. The van der Waals surface area contributed by atoms with Gasteiger partial charge < -0.3 is 0 Å². The summed E-state index contributed by atoms with van der Waals surface area (Å²) in [5.41, 5.74) is 1.11. The number of aromatic nitrogens is 2. The number of halogens is 1. The van der Waals surface area contributed by atoms with Crippen molar-refractivity contribution in [3.8, 4) is 0 Å². The quantitative estimate of drug-likeness (QED) is 0.402. The van der Waals surface area contributed by atoms with Crippen molar-refractivity contribution in [2.45, 2.75) is 17.3 Å². The monoisotopic (exact) mass is 358 g/mol. The first-order valence-electron chi connectivity index (χ1n) is 7.39.